The zero-order valence-corrected chi connectivity index (χ0v) is 21.5. The van der Waals surface area contributed by atoms with Crippen LogP contribution in [0.5, 0.6) is 0 Å². The Bertz CT molecular complexity index is 1520. The number of alkyl halides is 3. The average Bonchev–Trinajstić information content (AvgIpc) is 3.30. The van der Waals surface area contributed by atoms with E-state index in [0.29, 0.717) is 33.6 Å². The fourth-order valence-corrected chi connectivity index (χ4v) is 5.11. The van der Waals surface area contributed by atoms with E-state index in [2.05, 4.69) is 10.3 Å². The molecule has 0 saturated carbocycles. The molecule has 0 saturated heterocycles. The van der Waals surface area contributed by atoms with E-state index in [9.17, 15) is 22.8 Å². The van der Waals surface area contributed by atoms with Crippen molar-refractivity contribution in [1.29, 1.82) is 0 Å². The highest BCUT2D eigenvalue weighted by Gasteiger charge is 2.41. The SMILES string of the molecule is NCCCN(CC(F)(F)F)C(=O)C1c2ccccc2-c2cccc(-c3ccc(NC(=O)c4ccccc4)cn3)c21. The number of nitrogens with two attached hydrogens (primary N) is 1. The molecule has 1 heterocycles. The molecule has 1 unspecified atom stereocenters. The van der Waals surface area contributed by atoms with E-state index in [1.54, 1.807) is 48.5 Å². The van der Waals surface area contributed by atoms with E-state index in [-0.39, 0.29) is 25.4 Å². The molecule has 5 rings (SSSR count). The van der Waals surface area contributed by atoms with Gasteiger partial charge >= 0.3 is 6.18 Å². The molecular formula is C31H27F3N4O2. The van der Waals surface area contributed by atoms with E-state index in [1.807, 2.05) is 36.4 Å². The summed E-state index contributed by atoms with van der Waals surface area (Å²) in [7, 11) is 0. The normalized spacial score (nSPS) is 13.8. The number of carbonyl (C=O) groups excluding carboxylic acids is 2. The smallest absolute Gasteiger partial charge is 0.333 e. The van der Waals surface area contributed by atoms with Gasteiger partial charge in [0.15, 0.2) is 0 Å². The fraction of sp³-hybridized carbons (Fsp3) is 0.194. The minimum atomic E-state index is -4.55. The monoisotopic (exact) mass is 544 g/mol. The lowest BCUT2D eigenvalue weighted by molar-refractivity contribution is -0.161. The first-order chi connectivity index (χ1) is 19.3. The van der Waals surface area contributed by atoms with Crippen molar-refractivity contribution in [3.05, 3.63) is 108 Å². The first-order valence-electron chi connectivity index (χ1n) is 12.9. The zero-order chi connectivity index (χ0) is 28.3. The molecule has 0 fully saturated rings. The first-order valence-corrected chi connectivity index (χ1v) is 12.9. The second-order valence-corrected chi connectivity index (χ2v) is 9.56. The van der Waals surface area contributed by atoms with Crippen LogP contribution in [0.3, 0.4) is 0 Å². The Hall–Kier alpha value is -4.50. The molecule has 6 nitrogen and oxygen atoms in total. The Balaban J connectivity index is 1.51. The van der Waals surface area contributed by atoms with Crippen molar-refractivity contribution in [3.63, 3.8) is 0 Å². The van der Waals surface area contributed by atoms with Gasteiger partial charge in [0.2, 0.25) is 5.91 Å². The van der Waals surface area contributed by atoms with Gasteiger partial charge in [-0.3, -0.25) is 14.6 Å². The summed E-state index contributed by atoms with van der Waals surface area (Å²) in [4.78, 5) is 31.8. The highest BCUT2D eigenvalue weighted by atomic mass is 19.4. The van der Waals surface area contributed by atoms with E-state index in [1.165, 1.54) is 6.20 Å². The second-order valence-electron chi connectivity index (χ2n) is 9.56. The van der Waals surface area contributed by atoms with E-state index in [0.717, 1.165) is 16.0 Å². The number of hydrogen-bond donors (Lipinski definition) is 2. The predicted octanol–water partition coefficient (Wildman–Crippen LogP) is 5.85. The van der Waals surface area contributed by atoms with Crippen molar-refractivity contribution >= 4 is 17.5 Å². The second kappa shape index (κ2) is 11.3. The average molecular weight is 545 g/mol. The van der Waals surface area contributed by atoms with Crippen LogP contribution in [0, 0.1) is 0 Å². The van der Waals surface area contributed by atoms with E-state index < -0.39 is 24.5 Å². The molecule has 0 radical (unpaired) electrons. The van der Waals surface area contributed by atoms with Gasteiger partial charge in [-0.25, -0.2) is 0 Å². The van der Waals surface area contributed by atoms with Crippen LogP contribution in [0.1, 0.15) is 33.8 Å². The maximum Gasteiger partial charge on any atom is 0.406 e. The number of benzene rings is 3. The Morgan fingerprint density at radius 3 is 2.27 bits per heavy atom. The highest BCUT2D eigenvalue weighted by molar-refractivity contribution is 6.04. The number of amides is 2. The molecule has 3 N–H and O–H groups in total. The Morgan fingerprint density at radius 2 is 1.57 bits per heavy atom. The van der Waals surface area contributed by atoms with Crippen LogP contribution in [0.15, 0.2) is 91.1 Å². The van der Waals surface area contributed by atoms with Gasteiger partial charge in [-0.1, -0.05) is 60.7 Å². The first kappa shape index (κ1) is 27.1. The summed E-state index contributed by atoms with van der Waals surface area (Å²) < 4.78 is 40.5. The van der Waals surface area contributed by atoms with Crippen molar-refractivity contribution in [2.75, 3.05) is 25.0 Å². The lowest BCUT2D eigenvalue weighted by Crippen LogP contribution is -2.42. The molecule has 4 aromatic rings. The number of halogens is 3. The number of nitrogens with one attached hydrogen (secondary N) is 1. The number of aromatic nitrogens is 1. The van der Waals surface area contributed by atoms with Crippen molar-refractivity contribution in [1.82, 2.24) is 9.88 Å². The largest absolute Gasteiger partial charge is 0.406 e. The molecule has 40 heavy (non-hydrogen) atoms. The number of anilines is 1. The highest BCUT2D eigenvalue weighted by Crippen LogP contribution is 2.49. The van der Waals surface area contributed by atoms with Crippen LogP contribution in [0.2, 0.25) is 0 Å². The van der Waals surface area contributed by atoms with Crippen LogP contribution in [-0.2, 0) is 4.79 Å². The summed E-state index contributed by atoms with van der Waals surface area (Å²) in [6, 6.07) is 25.0. The lowest BCUT2D eigenvalue weighted by atomic mass is 9.90. The lowest BCUT2D eigenvalue weighted by Gasteiger charge is -2.28. The number of carbonyl (C=O) groups is 2. The molecule has 1 atom stereocenters. The maximum atomic E-state index is 13.9. The topological polar surface area (TPSA) is 88.3 Å². The van der Waals surface area contributed by atoms with Crippen LogP contribution < -0.4 is 11.1 Å². The van der Waals surface area contributed by atoms with Gasteiger partial charge in [-0.2, -0.15) is 13.2 Å². The van der Waals surface area contributed by atoms with E-state index in [4.69, 9.17) is 5.73 Å². The molecule has 3 aromatic carbocycles. The summed E-state index contributed by atoms with van der Waals surface area (Å²) in [5.41, 5.74) is 10.6. The van der Waals surface area contributed by atoms with Crippen molar-refractivity contribution in [2.45, 2.75) is 18.5 Å². The van der Waals surface area contributed by atoms with Gasteiger partial charge < -0.3 is 16.0 Å². The molecule has 0 bridgehead atoms. The van der Waals surface area contributed by atoms with Gasteiger partial charge in [0.1, 0.15) is 6.54 Å². The number of rotatable bonds is 8. The van der Waals surface area contributed by atoms with E-state index >= 15 is 0 Å². The quantitative estimate of drug-likeness (QED) is 0.291. The standard InChI is InChI=1S/C31H27F3N4O2/c32-31(33,34)19-38(17-7-16-35)30(40)28-24-11-5-4-10-22(24)23-12-6-13-25(27(23)28)26-15-14-21(18-36-26)37-29(39)20-8-2-1-3-9-20/h1-6,8-15,18,28H,7,16-17,19,35H2,(H,37,39). The zero-order valence-electron chi connectivity index (χ0n) is 21.5. The fourth-order valence-electron chi connectivity index (χ4n) is 5.11. The van der Waals surface area contributed by atoms with Gasteiger partial charge in [0, 0.05) is 17.7 Å². The van der Waals surface area contributed by atoms with Gasteiger partial charge in [0.05, 0.1) is 23.5 Å². The predicted molar refractivity (Wildman–Crippen MR) is 148 cm³/mol. The summed E-state index contributed by atoms with van der Waals surface area (Å²) in [6.07, 6.45) is -2.78. The molecular weight excluding hydrogens is 517 g/mol. The van der Waals surface area contributed by atoms with Crippen molar-refractivity contribution < 1.29 is 22.8 Å². The summed E-state index contributed by atoms with van der Waals surface area (Å²) in [5.74, 6) is -1.84. The van der Waals surface area contributed by atoms with Crippen LogP contribution in [-0.4, -0.2) is 47.5 Å². The molecule has 1 aliphatic carbocycles. The van der Waals surface area contributed by atoms with Gasteiger partial charge in [0.25, 0.3) is 5.91 Å². The molecule has 9 heteroatoms. The summed E-state index contributed by atoms with van der Waals surface area (Å²) >= 11 is 0. The number of fused-ring (bicyclic) bond motifs is 3. The Kier molecular flexibility index (Phi) is 7.66. The van der Waals surface area contributed by atoms with Gasteiger partial charge in [-0.05, 0) is 59.5 Å². The third kappa shape index (κ3) is 5.60. The third-order valence-corrected chi connectivity index (χ3v) is 6.85. The number of hydrogen-bond acceptors (Lipinski definition) is 4. The van der Waals surface area contributed by atoms with Crippen LogP contribution >= 0.6 is 0 Å². The molecule has 204 valence electrons. The summed E-state index contributed by atoms with van der Waals surface area (Å²) in [5, 5.41) is 2.81. The third-order valence-electron chi connectivity index (χ3n) is 6.85. The van der Waals surface area contributed by atoms with Crippen LogP contribution in [0.25, 0.3) is 22.4 Å². The molecule has 2 amide bonds. The van der Waals surface area contributed by atoms with Gasteiger partial charge in [-0.15, -0.1) is 0 Å². The minimum absolute atomic E-state index is 0.0981. The number of pyridine rings is 1. The minimum Gasteiger partial charge on any atom is -0.333 e. The molecule has 0 spiro atoms. The molecule has 1 aromatic heterocycles. The van der Waals surface area contributed by atoms with Crippen molar-refractivity contribution in [2.24, 2.45) is 5.73 Å². The Labute approximate surface area is 229 Å². The molecule has 0 aliphatic heterocycles. The summed E-state index contributed by atoms with van der Waals surface area (Å²) in [6.45, 7) is -1.28. The van der Waals surface area contributed by atoms with Crippen LogP contribution in [0.4, 0.5) is 18.9 Å². The Morgan fingerprint density at radius 1 is 0.875 bits per heavy atom. The van der Waals surface area contributed by atoms with Crippen molar-refractivity contribution in [3.8, 4) is 22.4 Å². The number of nitrogens with zero attached hydrogens (tertiary/aromatic N) is 2. The maximum absolute atomic E-state index is 13.9. The molecule has 1 aliphatic rings.